The summed E-state index contributed by atoms with van der Waals surface area (Å²) in [6.45, 7) is 1.45. The van der Waals surface area contributed by atoms with Gasteiger partial charge in [-0.05, 0) is 18.9 Å². The lowest BCUT2D eigenvalue weighted by Crippen LogP contribution is -2.38. The maximum absolute atomic E-state index is 13.1. The maximum atomic E-state index is 13.1. The van der Waals surface area contributed by atoms with Crippen molar-refractivity contribution in [1.82, 2.24) is 9.55 Å². The predicted octanol–water partition coefficient (Wildman–Crippen LogP) is -2.07. The Morgan fingerprint density at radius 2 is 1.73 bits per heavy atom. The molecule has 2 aromatic rings. The standard InChI is InChI=1S/C9H11FN2O6.C9H13N.H3O4P/c10-3-1-12(9(17)11-7(3)16)8-6(15)5(14)4(2-13)18-8;1-8(10)7-9-5-3-2-4-6-9;1-5(2,3)4/h1,4-6,8,13-15H,2H2,(H,11,16,17);2-6,8H,7,10H2,1H3;(H3,1,2,3,4)/t4-,5-,6-,8-;;/m1../s1. The number of nitrogens with one attached hydrogen (secondary N) is 1. The molecule has 1 unspecified atom stereocenters. The van der Waals surface area contributed by atoms with E-state index < -0.39 is 56.0 Å². The number of benzene rings is 1. The zero-order valence-electron chi connectivity index (χ0n) is 17.4. The van der Waals surface area contributed by atoms with Crippen LogP contribution in [-0.4, -0.2) is 70.5 Å². The number of ether oxygens (including phenoxy) is 1. The molecule has 33 heavy (non-hydrogen) atoms. The Labute approximate surface area is 186 Å². The quantitative estimate of drug-likeness (QED) is 0.215. The molecule has 0 bridgehead atoms. The number of nitrogens with zero attached hydrogens (tertiary/aromatic N) is 1. The van der Waals surface area contributed by atoms with Crippen LogP contribution >= 0.6 is 7.82 Å². The number of halogens is 1. The highest BCUT2D eigenvalue weighted by molar-refractivity contribution is 7.45. The van der Waals surface area contributed by atoms with E-state index in [1.165, 1.54) is 5.56 Å². The van der Waals surface area contributed by atoms with E-state index in [9.17, 15) is 24.2 Å². The topological polar surface area (TPSA) is 229 Å². The molecule has 1 fully saturated rings. The van der Waals surface area contributed by atoms with Crippen LogP contribution in [0, 0.1) is 5.82 Å². The zero-order valence-corrected chi connectivity index (χ0v) is 18.3. The Morgan fingerprint density at radius 1 is 1.18 bits per heavy atom. The third-order valence-corrected chi connectivity index (χ3v) is 4.12. The molecule has 0 saturated carbocycles. The minimum atomic E-state index is -4.64. The van der Waals surface area contributed by atoms with E-state index >= 15 is 0 Å². The van der Waals surface area contributed by atoms with E-state index in [1.54, 1.807) is 4.98 Å². The number of phosphoric acid groups is 1. The van der Waals surface area contributed by atoms with Crippen LogP contribution in [0.25, 0.3) is 0 Å². The number of aromatic nitrogens is 2. The molecule has 13 nitrogen and oxygen atoms in total. The third kappa shape index (κ3) is 10.0. The van der Waals surface area contributed by atoms with Gasteiger partial charge in [-0.25, -0.2) is 9.36 Å². The van der Waals surface area contributed by atoms with Gasteiger partial charge in [-0.3, -0.25) is 14.3 Å². The highest BCUT2D eigenvalue weighted by atomic mass is 31.2. The minimum Gasteiger partial charge on any atom is -0.394 e. The van der Waals surface area contributed by atoms with Crippen molar-refractivity contribution >= 4 is 7.82 Å². The average molecular weight is 495 g/mol. The number of aliphatic hydroxyl groups excluding tert-OH is 3. The second kappa shape index (κ2) is 12.8. The minimum absolute atomic E-state index is 0.266. The molecule has 2 heterocycles. The summed E-state index contributed by atoms with van der Waals surface area (Å²) in [5.41, 5.74) is 4.76. The van der Waals surface area contributed by atoms with Crippen molar-refractivity contribution in [2.75, 3.05) is 6.61 Å². The summed E-state index contributed by atoms with van der Waals surface area (Å²) in [4.78, 5) is 45.5. The largest absolute Gasteiger partial charge is 0.466 e. The smallest absolute Gasteiger partial charge is 0.394 e. The van der Waals surface area contributed by atoms with Gasteiger partial charge in [0.25, 0.3) is 5.56 Å². The van der Waals surface area contributed by atoms with Crippen molar-refractivity contribution in [3.63, 3.8) is 0 Å². The van der Waals surface area contributed by atoms with E-state index in [4.69, 9.17) is 34.8 Å². The van der Waals surface area contributed by atoms with E-state index in [0.29, 0.717) is 10.8 Å². The summed E-state index contributed by atoms with van der Waals surface area (Å²) in [5, 5.41) is 28.0. The molecule has 1 aromatic heterocycles. The molecule has 0 amide bonds. The molecule has 1 aromatic carbocycles. The van der Waals surface area contributed by atoms with Gasteiger partial charge in [-0.2, -0.15) is 4.39 Å². The second-order valence-corrected chi connectivity index (χ2v) is 8.08. The van der Waals surface area contributed by atoms with Crippen LogP contribution in [0.1, 0.15) is 18.7 Å². The van der Waals surface area contributed by atoms with Gasteiger partial charge in [0, 0.05) is 6.04 Å². The van der Waals surface area contributed by atoms with Gasteiger partial charge < -0.3 is 40.5 Å². The maximum Gasteiger partial charge on any atom is 0.466 e. The van der Waals surface area contributed by atoms with Crippen LogP contribution in [0.4, 0.5) is 4.39 Å². The molecular weight excluding hydrogens is 468 g/mol. The van der Waals surface area contributed by atoms with Crippen LogP contribution in [0.5, 0.6) is 0 Å². The van der Waals surface area contributed by atoms with Gasteiger partial charge in [0.05, 0.1) is 12.8 Å². The van der Waals surface area contributed by atoms with E-state index in [1.807, 2.05) is 25.1 Å². The van der Waals surface area contributed by atoms with Crippen LogP contribution < -0.4 is 17.0 Å². The Bertz CT molecular complexity index is 1020. The molecule has 1 saturated heterocycles. The van der Waals surface area contributed by atoms with Gasteiger partial charge >= 0.3 is 13.5 Å². The molecule has 186 valence electrons. The highest BCUT2D eigenvalue weighted by Gasteiger charge is 2.43. The van der Waals surface area contributed by atoms with Crippen molar-refractivity contribution in [1.29, 1.82) is 0 Å². The van der Waals surface area contributed by atoms with Crippen molar-refractivity contribution in [2.24, 2.45) is 5.73 Å². The van der Waals surface area contributed by atoms with E-state index in [-0.39, 0.29) is 6.04 Å². The fourth-order valence-corrected chi connectivity index (χ4v) is 2.75. The highest BCUT2D eigenvalue weighted by Crippen LogP contribution is 2.28. The van der Waals surface area contributed by atoms with Gasteiger partial charge in [0.15, 0.2) is 6.23 Å². The first-order valence-electron chi connectivity index (χ1n) is 9.45. The molecule has 0 aliphatic carbocycles. The fraction of sp³-hybridized carbons (Fsp3) is 0.444. The zero-order chi connectivity index (χ0) is 25.3. The summed E-state index contributed by atoms with van der Waals surface area (Å²) >= 11 is 0. The number of aliphatic hydroxyl groups is 3. The predicted molar refractivity (Wildman–Crippen MR) is 112 cm³/mol. The Hall–Kier alpha value is -2.26. The van der Waals surface area contributed by atoms with Crippen molar-refractivity contribution in [2.45, 2.75) is 43.9 Å². The molecule has 0 spiro atoms. The number of H-pyrrole nitrogens is 1. The molecule has 0 radical (unpaired) electrons. The van der Waals surface area contributed by atoms with Crippen LogP contribution in [0.3, 0.4) is 0 Å². The van der Waals surface area contributed by atoms with Gasteiger partial charge in [-0.15, -0.1) is 0 Å². The first kappa shape index (κ1) is 28.8. The van der Waals surface area contributed by atoms with Crippen molar-refractivity contribution in [3.05, 3.63) is 68.7 Å². The lowest BCUT2D eigenvalue weighted by molar-refractivity contribution is -0.0554. The van der Waals surface area contributed by atoms with Crippen molar-refractivity contribution < 1.29 is 43.7 Å². The third-order valence-electron chi connectivity index (χ3n) is 4.12. The lowest BCUT2D eigenvalue weighted by atomic mass is 10.1. The monoisotopic (exact) mass is 495 g/mol. The molecular formula is C18H27FN3O10P. The van der Waals surface area contributed by atoms with Crippen molar-refractivity contribution in [3.8, 4) is 0 Å². The van der Waals surface area contributed by atoms with Gasteiger partial charge in [-0.1, -0.05) is 30.3 Å². The molecule has 9 N–H and O–H groups in total. The molecule has 5 atom stereocenters. The van der Waals surface area contributed by atoms with Crippen LogP contribution in [0.15, 0.2) is 46.1 Å². The first-order valence-corrected chi connectivity index (χ1v) is 11.0. The van der Waals surface area contributed by atoms with Gasteiger partial charge in [0.2, 0.25) is 5.82 Å². The Morgan fingerprint density at radius 3 is 2.18 bits per heavy atom. The number of nitrogens with two attached hydrogens (primary N) is 1. The van der Waals surface area contributed by atoms with E-state index in [0.717, 1.165) is 6.42 Å². The summed E-state index contributed by atoms with van der Waals surface area (Å²) in [7, 11) is -4.64. The number of rotatable bonds is 4. The van der Waals surface area contributed by atoms with Crippen LogP contribution in [0.2, 0.25) is 0 Å². The van der Waals surface area contributed by atoms with Crippen LogP contribution in [-0.2, 0) is 15.7 Å². The van der Waals surface area contributed by atoms with E-state index in [2.05, 4.69) is 12.1 Å². The number of hydrogen-bond acceptors (Lipinski definition) is 8. The number of hydrogen-bond donors (Lipinski definition) is 8. The molecule has 1 aliphatic heterocycles. The Balaban J connectivity index is 0.000000304. The molecule has 15 heteroatoms. The second-order valence-electron chi connectivity index (χ2n) is 7.05. The normalized spacial score (nSPS) is 23.1. The average Bonchev–Trinajstić information content (AvgIpc) is 2.98. The number of aromatic amines is 1. The summed E-state index contributed by atoms with van der Waals surface area (Å²) in [6.07, 6.45) is -3.86. The SMILES string of the molecule is CC(N)Cc1ccccc1.O=P(O)(O)O.O=c1[nH]c(=O)n([C@@H]2O[C@H](CO)[C@@H](O)[C@H]2O)cc1F. The molecule has 1 aliphatic rings. The molecule has 3 rings (SSSR count). The summed E-state index contributed by atoms with van der Waals surface area (Å²) < 4.78 is 27.6. The first-order chi connectivity index (χ1) is 15.2. The fourth-order valence-electron chi connectivity index (χ4n) is 2.75. The Kier molecular flexibility index (Phi) is 11.2. The lowest BCUT2D eigenvalue weighted by Gasteiger charge is -2.16. The summed E-state index contributed by atoms with van der Waals surface area (Å²) in [5.74, 6) is -1.23. The summed E-state index contributed by atoms with van der Waals surface area (Å²) in [6, 6.07) is 10.6. The van der Waals surface area contributed by atoms with Gasteiger partial charge in [0.1, 0.15) is 18.3 Å².